The second-order valence-electron chi connectivity index (χ2n) is 5.14. The van der Waals surface area contributed by atoms with Gasteiger partial charge in [0.1, 0.15) is 5.54 Å². The molecule has 0 aliphatic rings. The molecule has 0 aromatic rings. The summed E-state index contributed by atoms with van der Waals surface area (Å²) in [5.74, 6) is -0.798. The van der Waals surface area contributed by atoms with Crippen LogP contribution >= 0.6 is 0 Å². The summed E-state index contributed by atoms with van der Waals surface area (Å²) >= 11 is 0. The van der Waals surface area contributed by atoms with Crippen LogP contribution in [-0.4, -0.2) is 47.2 Å². The Morgan fingerprint density at radius 3 is 2.29 bits per heavy atom. The van der Waals surface area contributed by atoms with Crippen LogP contribution in [0.5, 0.6) is 0 Å². The smallest absolute Gasteiger partial charge is 0.323 e. The van der Waals surface area contributed by atoms with Crippen molar-refractivity contribution in [1.29, 1.82) is 0 Å². The van der Waals surface area contributed by atoms with Crippen molar-refractivity contribution in [3.8, 4) is 0 Å². The standard InChI is InChI=1S/C13H28N2O2/c1-6-15(7-2)10-8-9-11(3)14-13(4,5)12(16)17/h11,14H,6-10H2,1-5H3,(H,16,17). The third-order valence-electron chi connectivity index (χ3n) is 3.15. The highest BCUT2D eigenvalue weighted by molar-refractivity contribution is 5.77. The van der Waals surface area contributed by atoms with Crippen molar-refractivity contribution in [1.82, 2.24) is 10.2 Å². The molecule has 0 spiro atoms. The molecule has 0 saturated heterocycles. The Bertz CT molecular complexity index is 225. The molecule has 2 N–H and O–H groups in total. The summed E-state index contributed by atoms with van der Waals surface area (Å²) in [6.45, 7) is 13.0. The minimum atomic E-state index is -0.839. The van der Waals surface area contributed by atoms with Gasteiger partial charge in [0, 0.05) is 6.04 Å². The maximum atomic E-state index is 11.0. The zero-order valence-electron chi connectivity index (χ0n) is 11.9. The molecular weight excluding hydrogens is 216 g/mol. The normalized spacial score (nSPS) is 14.0. The first-order valence-electron chi connectivity index (χ1n) is 6.56. The molecule has 0 radical (unpaired) electrons. The van der Waals surface area contributed by atoms with E-state index in [4.69, 9.17) is 5.11 Å². The monoisotopic (exact) mass is 244 g/mol. The minimum Gasteiger partial charge on any atom is -0.480 e. The lowest BCUT2D eigenvalue weighted by Gasteiger charge is -2.26. The summed E-state index contributed by atoms with van der Waals surface area (Å²) in [6, 6.07) is 0.233. The SMILES string of the molecule is CCN(CC)CCCC(C)NC(C)(C)C(=O)O. The van der Waals surface area contributed by atoms with E-state index in [0.29, 0.717) is 0 Å². The van der Waals surface area contributed by atoms with Gasteiger partial charge in [-0.25, -0.2) is 0 Å². The predicted molar refractivity (Wildman–Crippen MR) is 71.3 cm³/mol. The molecule has 0 heterocycles. The Balaban J connectivity index is 3.87. The van der Waals surface area contributed by atoms with Gasteiger partial charge in [-0.2, -0.15) is 0 Å². The van der Waals surface area contributed by atoms with E-state index in [0.717, 1.165) is 32.5 Å². The lowest BCUT2D eigenvalue weighted by atomic mass is 10.0. The summed E-state index contributed by atoms with van der Waals surface area (Å²) < 4.78 is 0. The van der Waals surface area contributed by atoms with Crippen LogP contribution in [0.25, 0.3) is 0 Å². The van der Waals surface area contributed by atoms with Gasteiger partial charge in [0.25, 0.3) is 0 Å². The Kier molecular flexibility index (Phi) is 7.39. The van der Waals surface area contributed by atoms with Crippen LogP contribution in [0.1, 0.15) is 47.5 Å². The molecule has 1 atom stereocenters. The Labute approximate surface area is 105 Å². The van der Waals surface area contributed by atoms with E-state index >= 15 is 0 Å². The van der Waals surface area contributed by atoms with Gasteiger partial charge in [-0.05, 0) is 53.2 Å². The molecule has 0 aromatic carbocycles. The van der Waals surface area contributed by atoms with Gasteiger partial charge in [0.2, 0.25) is 0 Å². The molecule has 1 unspecified atom stereocenters. The van der Waals surface area contributed by atoms with Crippen molar-refractivity contribution >= 4 is 5.97 Å². The zero-order valence-corrected chi connectivity index (χ0v) is 11.9. The minimum absolute atomic E-state index is 0.233. The highest BCUT2D eigenvalue weighted by Gasteiger charge is 2.27. The number of carboxylic acid groups (broad SMARTS) is 1. The second kappa shape index (κ2) is 7.67. The molecule has 0 aliphatic heterocycles. The fourth-order valence-corrected chi connectivity index (χ4v) is 1.91. The number of hydrogen-bond donors (Lipinski definition) is 2. The molecule has 4 nitrogen and oxygen atoms in total. The molecular formula is C13H28N2O2. The van der Waals surface area contributed by atoms with E-state index in [1.165, 1.54) is 0 Å². The molecule has 4 heteroatoms. The Hall–Kier alpha value is -0.610. The third-order valence-corrected chi connectivity index (χ3v) is 3.15. The number of rotatable bonds is 9. The van der Waals surface area contributed by atoms with Gasteiger partial charge in [0.05, 0.1) is 0 Å². The number of carboxylic acids is 1. The van der Waals surface area contributed by atoms with E-state index in [9.17, 15) is 4.79 Å². The Morgan fingerprint density at radius 1 is 1.35 bits per heavy atom. The van der Waals surface area contributed by atoms with Crippen LogP contribution in [0.3, 0.4) is 0 Å². The average Bonchev–Trinajstić information content (AvgIpc) is 2.23. The summed E-state index contributed by atoms with van der Waals surface area (Å²) in [6.07, 6.45) is 2.11. The van der Waals surface area contributed by atoms with Gasteiger partial charge >= 0.3 is 5.97 Å². The molecule has 102 valence electrons. The molecule has 0 amide bonds. The van der Waals surface area contributed by atoms with Crippen LogP contribution in [-0.2, 0) is 4.79 Å². The average molecular weight is 244 g/mol. The number of nitrogens with zero attached hydrogens (tertiary/aromatic N) is 1. The van der Waals surface area contributed by atoms with Crippen molar-refractivity contribution < 1.29 is 9.90 Å². The highest BCUT2D eigenvalue weighted by atomic mass is 16.4. The summed E-state index contributed by atoms with van der Waals surface area (Å²) in [5.41, 5.74) is -0.839. The van der Waals surface area contributed by atoms with Crippen molar-refractivity contribution in [3.63, 3.8) is 0 Å². The molecule has 0 aliphatic carbocycles. The predicted octanol–water partition coefficient (Wildman–Crippen LogP) is 1.95. The number of hydrogen-bond acceptors (Lipinski definition) is 3. The quantitative estimate of drug-likeness (QED) is 0.651. The lowest BCUT2D eigenvalue weighted by Crippen LogP contribution is -2.50. The van der Waals surface area contributed by atoms with Gasteiger partial charge < -0.3 is 10.0 Å². The summed E-state index contributed by atoms with van der Waals surface area (Å²) in [5, 5.41) is 12.2. The van der Waals surface area contributed by atoms with Crippen LogP contribution in [0.15, 0.2) is 0 Å². The van der Waals surface area contributed by atoms with Crippen molar-refractivity contribution in [2.75, 3.05) is 19.6 Å². The van der Waals surface area contributed by atoms with E-state index < -0.39 is 11.5 Å². The number of carbonyl (C=O) groups is 1. The highest BCUT2D eigenvalue weighted by Crippen LogP contribution is 2.07. The van der Waals surface area contributed by atoms with Crippen molar-refractivity contribution in [3.05, 3.63) is 0 Å². The van der Waals surface area contributed by atoms with Crippen LogP contribution in [0, 0.1) is 0 Å². The molecule has 0 fully saturated rings. The van der Waals surface area contributed by atoms with E-state index in [1.54, 1.807) is 13.8 Å². The first-order chi connectivity index (χ1) is 7.83. The van der Waals surface area contributed by atoms with Gasteiger partial charge in [0.15, 0.2) is 0 Å². The first kappa shape index (κ1) is 16.4. The van der Waals surface area contributed by atoms with Gasteiger partial charge in [-0.15, -0.1) is 0 Å². The van der Waals surface area contributed by atoms with E-state index in [-0.39, 0.29) is 6.04 Å². The van der Waals surface area contributed by atoms with E-state index in [2.05, 4.69) is 24.1 Å². The zero-order chi connectivity index (χ0) is 13.5. The fourth-order valence-electron chi connectivity index (χ4n) is 1.91. The maximum absolute atomic E-state index is 11.0. The van der Waals surface area contributed by atoms with Crippen molar-refractivity contribution in [2.24, 2.45) is 0 Å². The largest absolute Gasteiger partial charge is 0.480 e. The molecule has 0 rings (SSSR count). The van der Waals surface area contributed by atoms with Crippen LogP contribution in [0.4, 0.5) is 0 Å². The number of aliphatic carboxylic acids is 1. The molecule has 0 aromatic heterocycles. The van der Waals surface area contributed by atoms with Crippen molar-refractivity contribution in [2.45, 2.75) is 59.0 Å². The van der Waals surface area contributed by atoms with E-state index in [1.807, 2.05) is 6.92 Å². The maximum Gasteiger partial charge on any atom is 0.323 e. The fraction of sp³-hybridized carbons (Fsp3) is 0.923. The third kappa shape index (κ3) is 6.64. The summed E-state index contributed by atoms with van der Waals surface area (Å²) in [4.78, 5) is 13.3. The number of nitrogens with one attached hydrogen (secondary N) is 1. The lowest BCUT2D eigenvalue weighted by molar-refractivity contribution is -0.143. The molecule has 17 heavy (non-hydrogen) atoms. The molecule has 0 saturated carbocycles. The second-order valence-corrected chi connectivity index (χ2v) is 5.14. The van der Waals surface area contributed by atoms with Crippen LogP contribution in [0.2, 0.25) is 0 Å². The van der Waals surface area contributed by atoms with Gasteiger partial charge in [-0.1, -0.05) is 13.8 Å². The first-order valence-corrected chi connectivity index (χ1v) is 6.56. The van der Waals surface area contributed by atoms with Crippen LogP contribution < -0.4 is 5.32 Å². The topological polar surface area (TPSA) is 52.6 Å². The Morgan fingerprint density at radius 2 is 1.88 bits per heavy atom. The molecule has 0 bridgehead atoms. The van der Waals surface area contributed by atoms with Gasteiger partial charge in [-0.3, -0.25) is 10.1 Å². The summed E-state index contributed by atoms with van der Waals surface area (Å²) in [7, 11) is 0.